The van der Waals surface area contributed by atoms with Crippen molar-refractivity contribution in [2.75, 3.05) is 0 Å². The summed E-state index contributed by atoms with van der Waals surface area (Å²) in [6, 6.07) is 6.45. The van der Waals surface area contributed by atoms with Gasteiger partial charge in [-0.2, -0.15) is 0 Å². The zero-order valence-electron chi connectivity index (χ0n) is 8.90. The lowest BCUT2D eigenvalue weighted by molar-refractivity contribution is 0.314. The third-order valence-electron chi connectivity index (χ3n) is 2.74. The Kier molecular flexibility index (Phi) is 3.83. The maximum Gasteiger partial charge on any atom is 0.123 e. The van der Waals surface area contributed by atoms with Gasteiger partial charge < -0.3 is 5.21 Å². The first-order valence-corrected chi connectivity index (χ1v) is 6.30. The minimum atomic E-state index is -0.218. The van der Waals surface area contributed by atoms with Crippen LogP contribution in [0.1, 0.15) is 25.7 Å². The molecule has 0 bridgehead atoms. The predicted molar refractivity (Wildman–Crippen MR) is 63.7 cm³/mol. The van der Waals surface area contributed by atoms with Crippen LogP contribution < -0.4 is 0 Å². The van der Waals surface area contributed by atoms with Gasteiger partial charge >= 0.3 is 0 Å². The molecule has 1 aliphatic carbocycles. The van der Waals surface area contributed by atoms with Crippen LogP contribution in [0.15, 0.2) is 34.3 Å². The van der Waals surface area contributed by atoms with Crippen molar-refractivity contribution in [3.8, 4) is 0 Å². The fourth-order valence-electron chi connectivity index (χ4n) is 1.88. The molecule has 0 saturated heterocycles. The maximum absolute atomic E-state index is 12.7. The zero-order valence-corrected chi connectivity index (χ0v) is 9.71. The number of hydrogen-bond donors (Lipinski definition) is 1. The highest BCUT2D eigenvalue weighted by Crippen LogP contribution is 2.32. The maximum atomic E-state index is 12.7. The van der Waals surface area contributed by atoms with Gasteiger partial charge in [0.15, 0.2) is 0 Å². The molecule has 0 radical (unpaired) electrons. The van der Waals surface area contributed by atoms with E-state index in [1.807, 2.05) is 0 Å². The molecule has 2 nitrogen and oxygen atoms in total. The van der Waals surface area contributed by atoms with Gasteiger partial charge in [-0.15, -0.1) is 11.8 Å². The molecule has 0 aliphatic heterocycles. The van der Waals surface area contributed by atoms with Crippen LogP contribution >= 0.6 is 11.8 Å². The van der Waals surface area contributed by atoms with E-state index in [0.29, 0.717) is 0 Å². The molecule has 1 N–H and O–H groups in total. The van der Waals surface area contributed by atoms with Gasteiger partial charge in [-0.3, -0.25) is 0 Å². The molecule has 1 aromatic rings. The van der Waals surface area contributed by atoms with Crippen molar-refractivity contribution < 1.29 is 9.60 Å². The van der Waals surface area contributed by atoms with Crippen LogP contribution in [0.2, 0.25) is 0 Å². The smallest absolute Gasteiger partial charge is 0.123 e. The second-order valence-electron chi connectivity index (χ2n) is 3.90. The van der Waals surface area contributed by atoms with Crippen LogP contribution in [0.4, 0.5) is 4.39 Å². The summed E-state index contributed by atoms with van der Waals surface area (Å²) in [5.41, 5.74) is 0.862. The normalized spacial score (nSPS) is 23.6. The molecule has 4 heteroatoms. The van der Waals surface area contributed by atoms with Gasteiger partial charge in [0.25, 0.3) is 0 Å². The minimum absolute atomic E-state index is 0.218. The average Bonchev–Trinajstić information content (AvgIpc) is 2.33. The highest BCUT2D eigenvalue weighted by molar-refractivity contribution is 8.00. The van der Waals surface area contributed by atoms with Crippen molar-refractivity contribution in [2.45, 2.75) is 35.8 Å². The number of rotatable bonds is 2. The predicted octanol–water partition coefficient (Wildman–Crippen LogP) is 3.69. The van der Waals surface area contributed by atoms with E-state index in [-0.39, 0.29) is 11.1 Å². The quantitative estimate of drug-likeness (QED) is 0.630. The summed E-state index contributed by atoms with van der Waals surface area (Å²) in [5.74, 6) is -0.218. The number of halogens is 1. The number of thioether (sulfide) groups is 1. The summed E-state index contributed by atoms with van der Waals surface area (Å²) in [6.07, 6.45) is 4.16. The van der Waals surface area contributed by atoms with Crippen molar-refractivity contribution >= 4 is 17.5 Å². The lowest BCUT2D eigenvalue weighted by atomic mass is 9.98. The molecule has 16 heavy (non-hydrogen) atoms. The van der Waals surface area contributed by atoms with Crippen molar-refractivity contribution in [1.82, 2.24) is 0 Å². The first-order valence-electron chi connectivity index (χ1n) is 5.42. The molecule has 0 amide bonds. The first kappa shape index (κ1) is 11.5. The van der Waals surface area contributed by atoms with E-state index >= 15 is 0 Å². The summed E-state index contributed by atoms with van der Waals surface area (Å²) in [5, 5.41) is 12.5. The number of oxime groups is 1. The van der Waals surface area contributed by atoms with Crippen LogP contribution in [-0.2, 0) is 0 Å². The zero-order chi connectivity index (χ0) is 11.4. The van der Waals surface area contributed by atoms with E-state index in [9.17, 15) is 4.39 Å². The molecule has 0 spiro atoms. The molecule has 1 fully saturated rings. The second-order valence-corrected chi connectivity index (χ2v) is 5.17. The number of hydrogen-bond acceptors (Lipinski definition) is 3. The van der Waals surface area contributed by atoms with Gasteiger partial charge in [0.05, 0.1) is 11.0 Å². The number of benzene rings is 1. The van der Waals surface area contributed by atoms with Crippen LogP contribution in [0.3, 0.4) is 0 Å². The summed E-state index contributed by atoms with van der Waals surface area (Å²) in [7, 11) is 0. The third-order valence-corrected chi connectivity index (χ3v) is 4.08. The molecule has 1 saturated carbocycles. The van der Waals surface area contributed by atoms with E-state index in [0.717, 1.165) is 36.3 Å². The summed E-state index contributed by atoms with van der Waals surface area (Å²) >= 11 is 1.65. The molecule has 1 aliphatic rings. The topological polar surface area (TPSA) is 32.6 Å². The Balaban J connectivity index is 2.05. The van der Waals surface area contributed by atoms with E-state index in [1.54, 1.807) is 23.9 Å². The van der Waals surface area contributed by atoms with Gasteiger partial charge in [0.2, 0.25) is 0 Å². The molecule has 0 heterocycles. The Morgan fingerprint density at radius 3 is 2.69 bits per heavy atom. The van der Waals surface area contributed by atoms with Crippen molar-refractivity contribution in [3.63, 3.8) is 0 Å². The largest absolute Gasteiger partial charge is 0.411 e. The molecular weight excluding hydrogens is 225 g/mol. The van der Waals surface area contributed by atoms with Gasteiger partial charge in [-0.1, -0.05) is 11.6 Å². The Morgan fingerprint density at radius 1 is 1.25 bits per heavy atom. The SMILES string of the molecule is O/N=C1\CCCCC1Sc1ccc(F)cc1. The fourth-order valence-corrected chi connectivity index (χ4v) is 3.09. The Morgan fingerprint density at radius 2 is 2.00 bits per heavy atom. The standard InChI is InChI=1S/C12H14FNOS/c13-9-5-7-10(8-6-9)16-12-4-2-1-3-11(12)14-15/h5-8,12,15H,1-4H2/b14-11+. The Labute approximate surface area is 98.5 Å². The molecule has 0 aromatic heterocycles. The Bertz CT molecular complexity index is 377. The number of nitrogens with zero attached hydrogens (tertiary/aromatic N) is 1. The highest BCUT2D eigenvalue weighted by atomic mass is 32.2. The van der Waals surface area contributed by atoms with Crippen LogP contribution in [0, 0.1) is 5.82 Å². The highest BCUT2D eigenvalue weighted by Gasteiger charge is 2.21. The molecular formula is C12H14FNOS. The lowest BCUT2D eigenvalue weighted by Gasteiger charge is -2.22. The van der Waals surface area contributed by atoms with Crippen LogP contribution in [-0.4, -0.2) is 16.2 Å². The van der Waals surface area contributed by atoms with Crippen molar-refractivity contribution in [3.05, 3.63) is 30.1 Å². The average molecular weight is 239 g/mol. The molecule has 2 rings (SSSR count). The van der Waals surface area contributed by atoms with Crippen LogP contribution in [0.5, 0.6) is 0 Å². The van der Waals surface area contributed by atoms with Crippen molar-refractivity contribution in [1.29, 1.82) is 0 Å². The van der Waals surface area contributed by atoms with Gasteiger partial charge in [0, 0.05) is 4.90 Å². The Hall–Kier alpha value is -1.03. The van der Waals surface area contributed by atoms with Gasteiger partial charge in [-0.05, 0) is 43.5 Å². The fraction of sp³-hybridized carbons (Fsp3) is 0.417. The lowest BCUT2D eigenvalue weighted by Crippen LogP contribution is -2.21. The summed E-state index contributed by atoms with van der Waals surface area (Å²) in [4.78, 5) is 1.02. The van der Waals surface area contributed by atoms with E-state index in [1.165, 1.54) is 12.1 Å². The molecule has 1 unspecified atom stereocenters. The minimum Gasteiger partial charge on any atom is -0.411 e. The monoisotopic (exact) mass is 239 g/mol. The second kappa shape index (κ2) is 5.34. The molecule has 1 atom stereocenters. The van der Waals surface area contributed by atoms with Crippen LogP contribution in [0.25, 0.3) is 0 Å². The van der Waals surface area contributed by atoms with E-state index in [2.05, 4.69) is 5.16 Å². The van der Waals surface area contributed by atoms with Crippen molar-refractivity contribution in [2.24, 2.45) is 5.16 Å². The van der Waals surface area contributed by atoms with E-state index in [4.69, 9.17) is 5.21 Å². The first-order chi connectivity index (χ1) is 7.79. The van der Waals surface area contributed by atoms with Gasteiger partial charge in [0.1, 0.15) is 5.82 Å². The summed E-state index contributed by atoms with van der Waals surface area (Å²) < 4.78 is 12.7. The summed E-state index contributed by atoms with van der Waals surface area (Å²) in [6.45, 7) is 0. The third kappa shape index (κ3) is 2.76. The molecule has 1 aromatic carbocycles. The molecule has 86 valence electrons. The van der Waals surface area contributed by atoms with Gasteiger partial charge in [-0.25, -0.2) is 4.39 Å². The van der Waals surface area contributed by atoms with E-state index < -0.39 is 0 Å².